The van der Waals surface area contributed by atoms with E-state index in [1.807, 2.05) is 12.1 Å². The number of imidazole rings is 1. The molecule has 0 aliphatic carbocycles. The van der Waals surface area contributed by atoms with Crippen LogP contribution >= 0.6 is 23.8 Å². The Labute approximate surface area is 131 Å². The van der Waals surface area contributed by atoms with Gasteiger partial charge in [-0.15, -0.1) is 0 Å². The standard InChI is InChI=1S/C16H23ClN2S/c1-12(2)8-5-3-4-6-11-19-14-10-7-9-13(17)15(14)18-16(19)20/h7,9-10,12H,3-6,8,11H2,1-2H3,(H,18,20). The third-order valence-electron chi connectivity index (χ3n) is 3.67. The number of hydrogen-bond acceptors (Lipinski definition) is 1. The van der Waals surface area contributed by atoms with Gasteiger partial charge in [-0.3, -0.25) is 0 Å². The van der Waals surface area contributed by atoms with E-state index in [0.717, 1.165) is 33.3 Å². The fourth-order valence-corrected chi connectivity index (χ4v) is 3.05. The highest BCUT2D eigenvalue weighted by Gasteiger charge is 2.06. The Hall–Kier alpha value is -0.800. The van der Waals surface area contributed by atoms with E-state index in [2.05, 4.69) is 29.5 Å². The van der Waals surface area contributed by atoms with E-state index < -0.39 is 0 Å². The topological polar surface area (TPSA) is 20.7 Å². The summed E-state index contributed by atoms with van der Waals surface area (Å²) < 4.78 is 2.94. The summed E-state index contributed by atoms with van der Waals surface area (Å²) in [5.74, 6) is 0.819. The van der Waals surface area contributed by atoms with Crippen molar-refractivity contribution in [3.05, 3.63) is 28.0 Å². The van der Waals surface area contributed by atoms with Crippen LogP contribution in [0.3, 0.4) is 0 Å². The summed E-state index contributed by atoms with van der Waals surface area (Å²) in [4.78, 5) is 3.21. The van der Waals surface area contributed by atoms with E-state index in [-0.39, 0.29) is 0 Å². The molecule has 1 aromatic carbocycles. The summed E-state index contributed by atoms with van der Waals surface area (Å²) in [5, 5.41) is 0.740. The molecule has 0 aliphatic heterocycles. The molecule has 0 saturated heterocycles. The number of rotatable bonds is 7. The van der Waals surface area contributed by atoms with Crippen LogP contribution in [0.15, 0.2) is 18.2 Å². The molecule has 2 aromatic rings. The number of H-pyrrole nitrogens is 1. The maximum absolute atomic E-state index is 6.18. The van der Waals surface area contributed by atoms with E-state index >= 15 is 0 Å². The molecule has 0 aliphatic rings. The largest absolute Gasteiger partial charge is 0.329 e. The second-order valence-corrected chi connectivity index (χ2v) is 6.61. The highest BCUT2D eigenvalue weighted by molar-refractivity contribution is 7.71. The van der Waals surface area contributed by atoms with E-state index in [4.69, 9.17) is 23.8 Å². The summed E-state index contributed by atoms with van der Waals surface area (Å²) >= 11 is 11.6. The van der Waals surface area contributed by atoms with Crippen molar-refractivity contribution in [3.63, 3.8) is 0 Å². The number of nitrogens with zero attached hydrogens (tertiary/aromatic N) is 1. The summed E-state index contributed by atoms with van der Waals surface area (Å²) in [6.45, 7) is 5.55. The molecule has 20 heavy (non-hydrogen) atoms. The highest BCUT2D eigenvalue weighted by atomic mass is 35.5. The fraction of sp³-hybridized carbons (Fsp3) is 0.562. The first-order chi connectivity index (χ1) is 9.59. The van der Waals surface area contributed by atoms with Crippen LogP contribution in [0.4, 0.5) is 0 Å². The monoisotopic (exact) mass is 310 g/mol. The van der Waals surface area contributed by atoms with Crippen molar-refractivity contribution in [1.29, 1.82) is 0 Å². The number of fused-ring (bicyclic) bond motifs is 1. The Kier molecular flexibility index (Phi) is 5.67. The molecule has 0 fully saturated rings. The molecule has 1 N–H and O–H groups in total. The van der Waals surface area contributed by atoms with Crippen molar-refractivity contribution in [2.45, 2.75) is 52.5 Å². The lowest BCUT2D eigenvalue weighted by molar-refractivity contribution is 0.507. The third-order valence-corrected chi connectivity index (χ3v) is 4.31. The molecular formula is C16H23ClN2S. The molecule has 1 heterocycles. The molecule has 0 unspecified atom stereocenters. The van der Waals surface area contributed by atoms with E-state index in [0.29, 0.717) is 0 Å². The maximum Gasteiger partial charge on any atom is 0.178 e. The SMILES string of the molecule is CC(C)CCCCCCn1c(=S)[nH]c2c(Cl)cccc21. The number of aromatic nitrogens is 2. The number of unbranched alkanes of at least 4 members (excludes halogenated alkanes) is 3. The first-order valence-corrected chi connectivity index (χ1v) is 8.25. The third kappa shape index (κ3) is 3.86. The van der Waals surface area contributed by atoms with Crippen molar-refractivity contribution in [2.24, 2.45) is 5.92 Å². The Morgan fingerprint density at radius 1 is 1.20 bits per heavy atom. The van der Waals surface area contributed by atoms with Crippen molar-refractivity contribution in [3.8, 4) is 0 Å². The number of aromatic amines is 1. The van der Waals surface area contributed by atoms with Gasteiger partial charge in [0.25, 0.3) is 0 Å². The quantitative estimate of drug-likeness (QED) is 0.494. The Morgan fingerprint density at radius 3 is 2.70 bits per heavy atom. The number of benzene rings is 1. The average molecular weight is 311 g/mol. The van der Waals surface area contributed by atoms with Gasteiger partial charge < -0.3 is 9.55 Å². The summed E-state index contributed by atoms with van der Waals surface area (Å²) in [5.41, 5.74) is 2.07. The first-order valence-electron chi connectivity index (χ1n) is 7.46. The van der Waals surface area contributed by atoms with Crippen LogP contribution in [0.5, 0.6) is 0 Å². The second-order valence-electron chi connectivity index (χ2n) is 5.81. The minimum atomic E-state index is 0.740. The minimum Gasteiger partial charge on any atom is -0.329 e. The summed E-state index contributed by atoms with van der Waals surface area (Å²) in [7, 11) is 0. The highest BCUT2D eigenvalue weighted by Crippen LogP contribution is 2.23. The van der Waals surface area contributed by atoms with Gasteiger partial charge in [-0.2, -0.15) is 0 Å². The van der Waals surface area contributed by atoms with Gasteiger partial charge in [-0.05, 0) is 36.7 Å². The van der Waals surface area contributed by atoms with Crippen molar-refractivity contribution >= 4 is 34.9 Å². The zero-order valence-electron chi connectivity index (χ0n) is 12.3. The van der Waals surface area contributed by atoms with Gasteiger partial charge in [-0.1, -0.05) is 57.2 Å². The Balaban J connectivity index is 1.92. The molecule has 0 amide bonds. The molecule has 0 spiro atoms. The zero-order chi connectivity index (χ0) is 14.5. The lowest BCUT2D eigenvalue weighted by Crippen LogP contribution is -1.98. The van der Waals surface area contributed by atoms with E-state index in [1.54, 1.807) is 0 Å². The Morgan fingerprint density at radius 2 is 1.95 bits per heavy atom. The van der Waals surface area contributed by atoms with Gasteiger partial charge in [0.15, 0.2) is 4.77 Å². The summed E-state index contributed by atoms with van der Waals surface area (Å²) in [6.07, 6.45) is 6.42. The molecule has 0 saturated carbocycles. The van der Waals surface area contributed by atoms with Crippen molar-refractivity contribution < 1.29 is 0 Å². The van der Waals surface area contributed by atoms with Gasteiger partial charge in [0.2, 0.25) is 0 Å². The zero-order valence-corrected chi connectivity index (χ0v) is 13.9. The van der Waals surface area contributed by atoms with E-state index in [1.165, 1.54) is 32.1 Å². The van der Waals surface area contributed by atoms with Gasteiger partial charge in [0.1, 0.15) is 0 Å². The van der Waals surface area contributed by atoms with Crippen LogP contribution in [0.2, 0.25) is 5.02 Å². The smallest absolute Gasteiger partial charge is 0.178 e. The second kappa shape index (κ2) is 7.28. The van der Waals surface area contributed by atoms with Crippen LogP contribution < -0.4 is 0 Å². The molecule has 0 atom stereocenters. The average Bonchev–Trinajstić information content (AvgIpc) is 2.71. The lowest BCUT2D eigenvalue weighted by Gasteiger charge is -2.06. The van der Waals surface area contributed by atoms with Crippen LogP contribution in [0.1, 0.15) is 46.0 Å². The molecule has 0 radical (unpaired) electrons. The van der Waals surface area contributed by atoms with Gasteiger partial charge >= 0.3 is 0 Å². The molecule has 2 nitrogen and oxygen atoms in total. The first kappa shape index (κ1) is 15.6. The number of para-hydroxylation sites is 1. The molecule has 110 valence electrons. The normalized spacial score (nSPS) is 11.6. The molecule has 1 aromatic heterocycles. The fourth-order valence-electron chi connectivity index (χ4n) is 2.54. The van der Waals surface area contributed by atoms with Crippen molar-refractivity contribution in [2.75, 3.05) is 0 Å². The predicted octanol–water partition coefficient (Wildman–Crippen LogP) is 5.96. The summed E-state index contributed by atoms with van der Waals surface area (Å²) in [6, 6.07) is 5.95. The van der Waals surface area contributed by atoms with Crippen LogP contribution in [0, 0.1) is 10.7 Å². The minimum absolute atomic E-state index is 0.740. The number of halogens is 1. The molecule has 0 bridgehead atoms. The van der Waals surface area contributed by atoms with Crippen LogP contribution in [-0.2, 0) is 6.54 Å². The van der Waals surface area contributed by atoms with Crippen LogP contribution in [0.25, 0.3) is 11.0 Å². The Bertz CT molecular complexity index is 612. The number of aryl methyl sites for hydroxylation is 1. The maximum atomic E-state index is 6.18. The molecule has 4 heteroatoms. The number of nitrogens with one attached hydrogen (secondary N) is 1. The van der Waals surface area contributed by atoms with E-state index in [9.17, 15) is 0 Å². The molecule has 2 rings (SSSR count). The lowest BCUT2D eigenvalue weighted by atomic mass is 10.0. The van der Waals surface area contributed by atoms with Crippen LogP contribution in [-0.4, -0.2) is 9.55 Å². The van der Waals surface area contributed by atoms with Gasteiger partial charge in [-0.25, -0.2) is 0 Å². The van der Waals surface area contributed by atoms with Gasteiger partial charge in [0.05, 0.1) is 16.1 Å². The van der Waals surface area contributed by atoms with Crippen molar-refractivity contribution in [1.82, 2.24) is 9.55 Å². The predicted molar refractivity (Wildman–Crippen MR) is 90.1 cm³/mol. The number of hydrogen-bond donors (Lipinski definition) is 1. The van der Waals surface area contributed by atoms with Gasteiger partial charge in [0, 0.05) is 6.54 Å². The molecular weight excluding hydrogens is 288 g/mol.